The lowest BCUT2D eigenvalue weighted by molar-refractivity contribution is 0.103. The van der Waals surface area contributed by atoms with Crippen LogP contribution in [0.5, 0.6) is 0 Å². The fourth-order valence-electron chi connectivity index (χ4n) is 5.16. The van der Waals surface area contributed by atoms with Gasteiger partial charge in [-0.2, -0.15) is 0 Å². The second-order valence-corrected chi connectivity index (χ2v) is 10.5. The Kier molecular flexibility index (Phi) is 5.76. The smallest absolute Gasteiger partial charge is 0.194 e. The van der Waals surface area contributed by atoms with Crippen molar-refractivity contribution in [2.24, 2.45) is 0 Å². The van der Waals surface area contributed by atoms with E-state index in [0.29, 0.717) is 5.92 Å². The van der Waals surface area contributed by atoms with Gasteiger partial charge in [0.1, 0.15) is 0 Å². The summed E-state index contributed by atoms with van der Waals surface area (Å²) in [5.41, 5.74) is 3.09. The lowest BCUT2D eigenvalue weighted by Crippen LogP contribution is -2.38. The molecule has 3 heterocycles. The minimum atomic E-state index is 0.132. The predicted octanol–water partition coefficient (Wildman–Crippen LogP) is 6.86. The Labute approximate surface area is 190 Å². The molecule has 0 amide bonds. The summed E-state index contributed by atoms with van der Waals surface area (Å²) >= 11 is 4.09. The quantitative estimate of drug-likeness (QED) is 0.281. The largest absolute Gasteiger partial charge is 0.300 e. The van der Waals surface area contributed by atoms with Crippen LogP contribution in [-0.2, 0) is 0 Å². The van der Waals surface area contributed by atoms with Crippen molar-refractivity contribution in [1.29, 1.82) is 0 Å². The molecule has 3 aromatic rings. The first-order chi connectivity index (χ1) is 14.2. The molecular formula is C25H26INOS. The maximum absolute atomic E-state index is 13.1. The lowest BCUT2D eigenvalue weighted by Gasteiger charge is -2.33. The summed E-state index contributed by atoms with van der Waals surface area (Å²) in [6, 6.07) is 15.0. The Morgan fingerprint density at radius 3 is 2.79 bits per heavy atom. The van der Waals surface area contributed by atoms with Crippen LogP contribution in [0.25, 0.3) is 10.1 Å². The van der Waals surface area contributed by atoms with E-state index in [4.69, 9.17) is 0 Å². The van der Waals surface area contributed by atoms with Crippen LogP contribution >= 0.6 is 33.9 Å². The molecule has 2 aliphatic heterocycles. The van der Waals surface area contributed by atoms with Crippen molar-refractivity contribution >= 4 is 49.8 Å². The van der Waals surface area contributed by atoms with Gasteiger partial charge in [0.15, 0.2) is 5.78 Å². The summed E-state index contributed by atoms with van der Waals surface area (Å²) < 4.78 is 2.32. The molecule has 0 aliphatic carbocycles. The van der Waals surface area contributed by atoms with Crippen LogP contribution in [0, 0.1) is 3.57 Å². The molecule has 0 saturated carbocycles. The van der Waals surface area contributed by atoms with Gasteiger partial charge < -0.3 is 4.90 Å². The number of halogens is 1. The third kappa shape index (κ3) is 3.91. The molecule has 2 atom stereocenters. The normalized spacial score (nSPS) is 22.9. The van der Waals surface area contributed by atoms with Gasteiger partial charge in [-0.25, -0.2) is 0 Å². The van der Waals surface area contributed by atoms with E-state index in [2.05, 4.69) is 45.0 Å². The van der Waals surface area contributed by atoms with Gasteiger partial charge in [0.2, 0.25) is 0 Å². The van der Waals surface area contributed by atoms with E-state index in [1.54, 1.807) is 0 Å². The van der Waals surface area contributed by atoms with Crippen LogP contribution in [0.15, 0.2) is 47.8 Å². The van der Waals surface area contributed by atoms with E-state index in [0.717, 1.165) is 20.7 Å². The van der Waals surface area contributed by atoms with Crippen molar-refractivity contribution in [3.63, 3.8) is 0 Å². The number of rotatable bonds is 3. The number of fused-ring (bicyclic) bond motifs is 2. The maximum atomic E-state index is 13.1. The van der Waals surface area contributed by atoms with Crippen LogP contribution < -0.4 is 0 Å². The number of thiophene rings is 1. The third-order valence-corrected chi connectivity index (χ3v) is 8.71. The predicted molar refractivity (Wildman–Crippen MR) is 130 cm³/mol. The highest BCUT2D eigenvalue weighted by Gasteiger charge is 2.28. The van der Waals surface area contributed by atoms with Crippen LogP contribution in [0.1, 0.15) is 65.9 Å². The number of piperidine rings is 1. The second-order valence-electron chi connectivity index (χ2n) is 8.46. The molecule has 4 heteroatoms. The van der Waals surface area contributed by atoms with Gasteiger partial charge in [0.25, 0.3) is 0 Å². The molecule has 2 aromatic carbocycles. The van der Waals surface area contributed by atoms with E-state index < -0.39 is 0 Å². The SMILES string of the molecule is O=C(c1ccc2scc(C3CCC4CCCCN4CC3)c2c1)c1ccccc1I. The summed E-state index contributed by atoms with van der Waals surface area (Å²) in [6.07, 6.45) is 8.00. The molecule has 150 valence electrons. The summed E-state index contributed by atoms with van der Waals surface area (Å²) in [5, 5.41) is 3.66. The van der Waals surface area contributed by atoms with Crippen molar-refractivity contribution in [3.05, 3.63) is 68.1 Å². The zero-order chi connectivity index (χ0) is 19.8. The number of nitrogens with zero attached hydrogens (tertiary/aromatic N) is 1. The fourth-order valence-corrected chi connectivity index (χ4v) is 6.81. The molecular weight excluding hydrogens is 489 g/mol. The average molecular weight is 515 g/mol. The molecule has 0 radical (unpaired) electrons. The molecule has 0 spiro atoms. The summed E-state index contributed by atoms with van der Waals surface area (Å²) in [7, 11) is 0. The van der Waals surface area contributed by atoms with Crippen LogP contribution in [0.4, 0.5) is 0 Å². The number of benzene rings is 2. The Bertz CT molecular complexity index is 1030. The molecule has 2 unspecified atom stereocenters. The summed E-state index contributed by atoms with van der Waals surface area (Å²) in [5.74, 6) is 0.753. The molecule has 0 N–H and O–H groups in total. The highest BCUT2D eigenvalue weighted by Crippen LogP contribution is 2.39. The molecule has 1 aromatic heterocycles. The molecule has 2 fully saturated rings. The van der Waals surface area contributed by atoms with Crippen LogP contribution in [0.3, 0.4) is 0 Å². The number of carbonyl (C=O) groups excluding carboxylic acids is 1. The van der Waals surface area contributed by atoms with Gasteiger partial charge in [-0.1, -0.05) is 18.6 Å². The van der Waals surface area contributed by atoms with E-state index in [-0.39, 0.29) is 5.78 Å². The summed E-state index contributed by atoms with van der Waals surface area (Å²) in [6.45, 7) is 2.52. The zero-order valence-electron chi connectivity index (χ0n) is 16.6. The minimum absolute atomic E-state index is 0.132. The molecule has 2 aliphatic rings. The van der Waals surface area contributed by atoms with E-state index in [1.165, 1.54) is 67.3 Å². The standard InChI is InChI=1S/C25H26INOS/c26-23-7-2-1-6-20(23)25(28)18-9-11-24-21(15-18)22(16-29-24)17-8-10-19-5-3-4-13-27(19)14-12-17/h1-2,6-7,9,11,15-17,19H,3-5,8,10,12-14H2. The van der Waals surface area contributed by atoms with Crippen molar-refractivity contribution in [2.75, 3.05) is 13.1 Å². The molecule has 5 rings (SSSR count). The molecule has 2 saturated heterocycles. The molecule has 2 nitrogen and oxygen atoms in total. The van der Waals surface area contributed by atoms with Crippen molar-refractivity contribution in [1.82, 2.24) is 4.90 Å². The Morgan fingerprint density at radius 1 is 1.00 bits per heavy atom. The first kappa shape index (κ1) is 19.7. The molecule has 29 heavy (non-hydrogen) atoms. The number of hydrogen-bond acceptors (Lipinski definition) is 3. The van der Waals surface area contributed by atoms with Gasteiger partial charge in [-0.05, 0) is 120 Å². The monoisotopic (exact) mass is 515 g/mol. The van der Waals surface area contributed by atoms with Crippen molar-refractivity contribution in [3.8, 4) is 0 Å². The van der Waals surface area contributed by atoms with E-state index in [9.17, 15) is 4.79 Å². The van der Waals surface area contributed by atoms with Gasteiger partial charge in [0, 0.05) is 25.4 Å². The zero-order valence-corrected chi connectivity index (χ0v) is 19.5. The average Bonchev–Trinajstić information content (AvgIpc) is 3.05. The minimum Gasteiger partial charge on any atom is -0.300 e. The van der Waals surface area contributed by atoms with E-state index >= 15 is 0 Å². The first-order valence-electron chi connectivity index (χ1n) is 10.7. The number of carbonyl (C=O) groups is 1. The third-order valence-electron chi connectivity index (χ3n) is 6.79. The second kappa shape index (κ2) is 8.48. The van der Waals surface area contributed by atoms with Crippen molar-refractivity contribution < 1.29 is 4.79 Å². The Morgan fingerprint density at radius 2 is 1.90 bits per heavy atom. The topological polar surface area (TPSA) is 20.3 Å². The van der Waals surface area contributed by atoms with Gasteiger partial charge >= 0.3 is 0 Å². The van der Waals surface area contributed by atoms with Crippen LogP contribution in [-0.4, -0.2) is 29.8 Å². The van der Waals surface area contributed by atoms with Crippen molar-refractivity contribution in [2.45, 2.75) is 50.5 Å². The Balaban J connectivity index is 1.45. The highest BCUT2D eigenvalue weighted by molar-refractivity contribution is 14.1. The Hall–Kier alpha value is -1.24. The van der Waals surface area contributed by atoms with Gasteiger partial charge in [0.05, 0.1) is 0 Å². The van der Waals surface area contributed by atoms with Gasteiger partial charge in [-0.15, -0.1) is 11.3 Å². The maximum Gasteiger partial charge on any atom is 0.194 e. The van der Waals surface area contributed by atoms with Gasteiger partial charge in [-0.3, -0.25) is 4.79 Å². The van der Waals surface area contributed by atoms with Crippen LogP contribution in [0.2, 0.25) is 0 Å². The number of hydrogen-bond donors (Lipinski definition) is 0. The van der Waals surface area contributed by atoms with E-state index in [1.807, 2.05) is 41.7 Å². The number of ketones is 1. The lowest BCUT2D eigenvalue weighted by atomic mass is 9.89. The summed E-state index contributed by atoms with van der Waals surface area (Å²) in [4.78, 5) is 15.9. The highest BCUT2D eigenvalue weighted by atomic mass is 127. The molecule has 0 bridgehead atoms. The first-order valence-corrected chi connectivity index (χ1v) is 12.7. The fraction of sp³-hybridized carbons (Fsp3) is 0.400.